The van der Waals surface area contributed by atoms with E-state index in [1.807, 2.05) is 18.7 Å². The van der Waals surface area contributed by atoms with Crippen molar-refractivity contribution in [2.75, 3.05) is 13.1 Å². The lowest BCUT2D eigenvalue weighted by molar-refractivity contribution is -0.131. The van der Waals surface area contributed by atoms with Crippen molar-refractivity contribution < 1.29 is 9.59 Å². The molecule has 4 heterocycles. The van der Waals surface area contributed by atoms with Crippen LogP contribution in [0.25, 0.3) is 5.65 Å². The third-order valence-corrected chi connectivity index (χ3v) is 5.68. The van der Waals surface area contributed by atoms with Crippen LogP contribution in [0.15, 0.2) is 23.3 Å². The molecule has 0 aromatic carbocycles. The van der Waals surface area contributed by atoms with Gasteiger partial charge in [-0.1, -0.05) is 0 Å². The predicted molar refractivity (Wildman–Crippen MR) is 109 cm³/mol. The summed E-state index contributed by atoms with van der Waals surface area (Å²) in [6.07, 6.45) is 4.87. The largest absolute Gasteiger partial charge is 0.349 e. The lowest BCUT2D eigenvalue weighted by Crippen LogP contribution is -2.47. The zero-order valence-electron chi connectivity index (χ0n) is 17.3. The van der Waals surface area contributed by atoms with E-state index < -0.39 is 0 Å². The molecule has 1 aliphatic heterocycles. The lowest BCUT2D eigenvalue weighted by Gasteiger charge is -2.32. The molecule has 158 valence electrons. The second-order valence-electron chi connectivity index (χ2n) is 7.78. The van der Waals surface area contributed by atoms with Crippen molar-refractivity contribution in [2.45, 2.75) is 39.2 Å². The maximum atomic E-state index is 12.9. The number of nitrogens with one attached hydrogen (secondary N) is 2. The third kappa shape index (κ3) is 3.85. The van der Waals surface area contributed by atoms with E-state index in [9.17, 15) is 14.4 Å². The summed E-state index contributed by atoms with van der Waals surface area (Å²) >= 11 is 0. The van der Waals surface area contributed by atoms with E-state index in [1.165, 1.54) is 6.07 Å². The number of carbonyl (C=O) groups excluding carboxylic acids is 2. The van der Waals surface area contributed by atoms with Gasteiger partial charge in [0.25, 0.3) is 11.5 Å². The highest BCUT2D eigenvalue weighted by Crippen LogP contribution is 2.17. The SMILES string of the molecule is Cc1nc2cc(=O)[nH]n2c(C)c1CC(=O)N1CCC(NC(=O)c2cnn(C)c2)CC1. The first-order valence-corrected chi connectivity index (χ1v) is 9.97. The summed E-state index contributed by atoms with van der Waals surface area (Å²) in [5.41, 5.74) is 3.25. The topological polar surface area (TPSA) is 117 Å². The number of rotatable bonds is 4. The van der Waals surface area contributed by atoms with Gasteiger partial charge in [0, 0.05) is 55.4 Å². The van der Waals surface area contributed by atoms with Crippen molar-refractivity contribution in [2.24, 2.45) is 7.05 Å². The third-order valence-electron chi connectivity index (χ3n) is 5.68. The van der Waals surface area contributed by atoms with Gasteiger partial charge in [0.1, 0.15) is 0 Å². The Bertz CT molecular complexity index is 1160. The first kappa shape index (κ1) is 19.9. The van der Waals surface area contributed by atoms with E-state index in [0.29, 0.717) is 37.1 Å². The first-order valence-electron chi connectivity index (χ1n) is 9.97. The number of H-pyrrole nitrogens is 1. The molecule has 0 radical (unpaired) electrons. The Morgan fingerprint density at radius 3 is 2.67 bits per heavy atom. The molecular weight excluding hydrogens is 386 g/mol. The summed E-state index contributed by atoms with van der Waals surface area (Å²) in [7, 11) is 1.77. The van der Waals surface area contributed by atoms with E-state index in [0.717, 1.165) is 17.0 Å². The highest BCUT2D eigenvalue weighted by molar-refractivity contribution is 5.93. The van der Waals surface area contributed by atoms with Crippen molar-refractivity contribution in [3.8, 4) is 0 Å². The van der Waals surface area contributed by atoms with Gasteiger partial charge in [-0.05, 0) is 26.7 Å². The van der Waals surface area contributed by atoms with Gasteiger partial charge in [-0.25, -0.2) is 9.50 Å². The number of hydrogen-bond acceptors (Lipinski definition) is 5. The number of carbonyl (C=O) groups is 2. The van der Waals surface area contributed by atoms with Gasteiger partial charge in [-0.15, -0.1) is 0 Å². The first-order chi connectivity index (χ1) is 14.3. The molecule has 3 aromatic rings. The minimum Gasteiger partial charge on any atom is -0.349 e. The Hall–Kier alpha value is -3.43. The van der Waals surface area contributed by atoms with Crippen molar-refractivity contribution in [3.05, 3.63) is 51.3 Å². The van der Waals surface area contributed by atoms with E-state index in [1.54, 1.807) is 28.6 Å². The number of hydrogen-bond donors (Lipinski definition) is 2. The summed E-state index contributed by atoms with van der Waals surface area (Å²) in [5.74, 6) is -0.117. The molecule has 0 unspecified atom stereocenters. The van der Waals surface area contributed by atoms with E-state index in [4.69, 9.17) is 0 Å². The van der Waals surface area contributed by atoms with Gasteiger partial charge >= 0.3 is 0 Å². The van der Waals surface area contributed by atoms with Gasteiger partial charge in [-0.3, -0.25) is 24.2 Å². The normalized spacial score (nSPS) is 15.0. The summed E-state index contributed by atoms with van der Waals surface area (Å²) in [4.78, 5) is 43.0. The van der Waals surface area contributed by atoms with Crippen LogP contribution in [-0.2, 0) is 18.3 Å². The molecule has 0 saturated carbocycles. The van der Waals surface area contributed by atoms with Crippen LogP contribution in [0.3, 0.4) is 0 Å². The van der Waals surface area contributed by atoms with E-state index in [2.05, 4.69) is 20.5 Å². The summed E-state index contributed by atoms with van der Waals surface area (Å²) in [5, 5.41) is 9.75. The number of aromatic nitrogens is 5. The summed E-state index contributed by atoms with van der Waals surface area (Å²) in [6, 6.07) is 1.48. The van der Waals surface area contributed by atoms with Gasteiger partial charge in [0.15, 0.2) is 5.65 Å². The van der Waals surface area contributed by atoms with Crippen LogP contribution in [0.1, 0.15) is 40.2 Å². The molecule has 1 aliphatic rings. The standard InChI is InChI=1S/C20H25N7O3/c1-12-16(13(2)27-17(22-12)9-18(28)24-27)8-19(29)26-6-4-15(5-7-26)23-20(30)14-10-21-25(3)11-14/h9-11,15H,4-8H2,1-3H3,(H,23,30)(H,24,28). The van der Waals surface area contributed by atoms with Crippen molar-refractivity contribution >= 4 is 17.5 Å². The predicted octanol–water partition coefficient (Wildman–Crippen LogP) is 0.336. The molecule has 10 heteroatoms. The Morgan fingerprint density at radius 1 is 1.27 bits per heavy atom. The monoisotopic (exact) mass is 411 g/mol. The van der Waals surface area contributed by atoms with Crippen LogP contribution < -0.4 is 10.9 Å². The average molecular weight is 411 g/mol. The Morgan fingerprint density at radius 2 is 2.00 bits per heavy atom. The molecule has 2 N–H and O–H groups in total. The van der Waals surface area contributed by atoms with Crippen molar-refractivity contribution in [3.63, 3.8) is 0 Å². The van der Waals surface area contributed by atoms with Crippen LogP contribution in [0.2, 0.25) is 0 Å². The molecule has 10 nitrogen and oxygen atoms in total. The second kappa shape index (κ2) is 7.77. The van der Waals surface area contributed by atoms with Gasteiger partial charge in [-0.2, -0.15) is 5.10 Å². The van der Waals surface area contributed by atoms with Crippen LogP contribution in [0.5, 0.6) is 0 Å². The fourth-order valence-electron chi connectivity index (χ4n) is 3.95. The van der Waals surface area contributed by atoms with E-state index >= 15 is 0 Å². The number of piperidine rings is 1. The second-order valence-corrected chi connectivity index (χ2v) is 7.78. The number of aromatic amines is 1. The maximum absolute atomic E-state index is 12.9. The zero-order valence-corrected chi connectivity index (χ0v) is 17.3. The summed E-state index contributed by atoms with van der Waals surface area (Å²) in [6.45, 7) is 4.91. The number of nitrogens with zero attached hydrogens (tertiary/aromatic N) is 5. The molecule has 0 bridgehead atoms. The van der Waals surface area contributed by atoms with Crippen LogP contribution in [-0.4, -0.2) is 60.2 Å². The molecule has 0 aliphatic carbocycles. The molecular formula is C20H25N7O3. The van der Waals surface area contributed by atoms with Crippen LogP contribution in [0, 0.1) is 13.8 Å². The summed E-state index contributed by atoms with van der Waals surface area (Å²) < 4.78 is 3.22. The molecule has 3 aromatic heterocycles. The van der Waals surface area contributed by atoms with Crippen molar-refractivity contribution in [1.82, 2.24) is 34.6 Å². The minimum atomic E-state index is -0.219. The Balaban J connectivity index is 1.37. The molecule has 1 saturated heterocycles. The van der Waals surface area contributed by atoms with E-state index in [-0.39, 0.29) is 29.8 Å². The molecule has 4 rings (SSSR count). The maximum Gasteiger partial charge on any atom is 0.266 e. The average Bonchev–Trinajstić information content (AvgIpc) is 3.31. The smallest absolute Gasteiger partial charge is 0.266 e. The number of likely N-dealkylation sites (tertiary alicyclic amines) is 1. The van der Waals surface area contributed by atoms with Gasteiger partial charge < -0.3 is 10.2 Å². The lowest BCUT2D eigenvalue weighted by atomic mass is 10.0. The molecule has 0 spiro atoms. The quantitative estimate of drug-likeness (QED) is 0.642. The van der Waals surface area contributed by atoms with Crippen molar-refractivity contribution in [1.29, 1.82) is 0 Å². The Kier molecular flexibility index (Phi) is 5.15. The zero-order chi connectivity index (χ0) is 21.4. The van der Waals surface area contributed by atoms with Crippen LogP contribution >= 0.6 is 0 Å². The minimum absolute atomic E-state index is 0.0221. The highest BCUT2D eigenvalue weighted by Gasteiger charge is 2.25. The fraction of sp³-hybridized carbons (Fsp3) is 0.450. The van der Waals surface area contributed by atoms with Crippen LogP contribution in [0.4, 0.5) is 0 Å². The fourth-order valence-corrected chi connectivity index (χ4v) is 3.95. The molecule has 0 atom stereocenters. The molecule has 30 heavy (non-hydrogen) atoms. The van der Waals surface area contributed by atoms with Gasteiger partial charge in [0.05, 0.1) is 18.2 Å². The number of fused-ring (bicyclic) bond motifs is 1. The molecule has 1 fully saturated rings. The Labute approximate surface area is 172 Å². The number of aryl methyl sites for hydroxylation is 3. The number of amides is 2. The highest BCUT2D eigenvalue weighted by atomic mass is 16.2. The molecule has 2 amide bonds. The van der Waals surface area contributed by atoms with Gasteiger partial charge in [0.2, 0.25) is 5.91 Å².